The Bertz CT molecular complexity index is 171. The Labute approximate surface area is 99.1 Å². The van der Waals surface area contributed by atoms with Crippen molar-refractivity contribution >= 4 is 0 Å². The molecule has 0 bridgehead atoms. The molecule has 94 valence electrons. The van der Waals surface area contributed by atoms with Gasteiger partial charge in [-0.05, 0) is 37.5 Å². The zero-order chi connectivity index (χ0) is 11.4. The molecule has 0 spiro atoms. The Hall–Kier alpha value is -0.0800. The third-order valence-electron chi connectivity index (χ3n) is 4.62. The van der Waals surface area contributed by atoms with E-state index in [0.29, 0.717) is 11.8 Å². The van der Waals surface area contributed by atoms with E-state index < -0.39 is 12.2 Å². The van der Waals surface area contributed by atoms with Crippen molar-refractivity contribution < 1.29 is 10.2 Å². The first-order valence-electron chi connectivity index (χ1n) is 7.15. The molecule has 0 heterocycles. The van der Waals surface area contributed by atoms with Crippen molar-refractivity contribution in [2.24, 2.45) is 11.8 Å². The fraction of sp³-hybridized carbons (Fsp3) is 1.00. The highest BCUT2D eigenvalue weighted by atomic mass is 16.3. The van der Waals surface area contributed by atoms with Gasteiger partial charge in [0.15, 0.2) is 0 Å². The first-order valence-corrected chi connectivity index (χ1v) is 7.15. The maximum Gasteiger partial charge on any atom is 0.0829 e. The lowest BCUT2D eigenvalue weighted by molar-refractivity contribution is -0.0623. The van der Waals surface area contributed by atoms with Crippen LogP contribution in [0.5, 0.6) is 0 Å². The lowest BCUT2D eigenvalue weighted by Crippen LogP contribution is -2.40. The summed E-state index contributed by atoms with van der Waals surface area (Å²) >= 11 is 0. The third-order valence-corrected chi connectivity index (χ3v) is 4.62. The van der Waals surface area contributed by atoms with E-state index in [2.05, 4.69) is 0 Å². The SMILES string of the molecule is O[C@@H](C1CCCCC1)[C@@H](O)C1CCCCC1. The highest BCUT2D eigenvalue weighted by Crippen LogP contribution is 2.33. The van der Waals surface area contributed by atoms with Crippen molar-refractivity contribution in [1.29, 1.82) is 0 Å². The van der Waals surface area contributed by atoms with Crippen LogP contribution in [0.25, 0.3) is 0 Å². The molecule has 0 radical (unpaired) electrons. The lowest BCUT2D eigenvalue weighted by Gasteiger charge is -2.35. The van der Waals surface area contributed by atoms with Crippen molar-refractivity contribution in [3.8, 4) is 0 Å². The zero-order valence-electron chi connectivity index (χ0n) is 10.3. The van der Waals surface area contributed by atoms with Crippen LogP contribution in [0.2, 0.25) is 0 Å². The van der Waals surface area contributed by atoms with Crippen molar-refractivity contribution in [3.63, 3.8) is 0 Å². The van der Waals surface area contributed by atoms with Gasteiger partial charge in [0.05, 0.1) is 12.2 Å². The van der Waals surface area contributed by atoms with Gasteiger partial charge in [-0.3, -0.25) is 0 Å². The molecular weight excluding hydrogens is 200 g/mol. The highest BCUT2D eigenvalue weighted by Gasteiger charge is 2.33. The van der Waals surface area contributed by atoms with Crippen LogP contribution in [0, 0.1) is 11.8 Å². The van der Waals surface area contributed by atoms with Crippen molar-refractivity contribution in [2.45, 2.75) is 76.4 Å². The number of aliphatic hydroxyl groups is 2. The number of rotatable bonds is 3. The van der Waals surface area contributed by atoms with Crippen molar-refractivity contribution in [2.75, 3.05) is 0 Å². The standard InChI is InChI=1S/C14H26O2/c15-13(11-7-3-1-4-8-11)14(16)12-9-5-2-6-10-12/h11-16H,1-10H2/t13-,14-/m0/s1. The van der Waals surface area contributed by atoms with Crippen LogP contribution in [-0.4, -0.2) is 22.4 Å². The summed E-state index contributed by atoms with van der Waals surface area (Å²) < 4.78 is 0. The predicted molar refractivity (Wildman–Crippen MR) is 65.2 cm³/mol. The van der Waals surface area contributed by atoms with Crippen molar-refractivity contribution in [3.05, 3.63) is 0 Å². The fourth-order valence-corrected chi connectivity index (χ4v) is 3.51. The molecule has 0 aliphatic heterocycles. The summed E-state index contributed by atoms with van der Waals surface area (Å²) in [7, 11) is 0. The molecule has 2 N–H and O–H groups in total. The van der Waals surface area contributed by atoms with E-state index in [4.69, 9.17) is 0 Å². The minimum Gasteiger partial charge on any atom is -0.390 e. The second-order valence-electron chi connectivity index (χ2n) is 5.78. The third kappa shape index (κ3) is 2.98. The summed E-state index contributed by atoms with van der Waals surface area (Å²) in [6, 6.07) is 0. The molecule has 2 rings (SSSR count). The molecule has 2 nitrogen and oxygen atoms in total. The predicted octanol–water partition coefficient (Wildman–Crippen LogP) is 2.87. The largest absolute Gasteiger partial charge is 0.390 e. The van der Waals surface area contributed by atoms with Crippen LogP contribution >= 0.6 is 0 Å². The Kier molecular flexibility index (Phi) is 4.66. The Balaban J connectivity index is 1.84. The van der Waals surface area contributed by atoms with E-state index in [0.717, 1.165) is 25.7 Å². The smallest absolute Gasteiger partial charge is 0.0829 e. The first-order chi connectivity index (χ1) is 7.79. The Morgan fingerprint density at radius 3 is 1.19 bits per heavy atom. The fourth-order valence-electron chi connectivity index (χ4n) is 3.51. The van der Waals surface area contributed by atoms with Gasteiger partial charge in [-0.1, -0.05) is 38.5 Å². The van der Waals surface area contributed by atoms with Crippen LogP contribution in [0.1, 0.15) is 64.2 Å². The molecule has 0 aromatic rings. The minimum atomic E-state index is -0.455. The molecule has 2 heteroatoms. The second-order valence-corrected chi connectivity index (χ2v) is 5.78. The summed E-state index contributed by atoms with van der Waals surface area (Å²) in [6.07, 6.45) is 11.1. The molecule has 16 heavy (non-hydrogen) atoms. The topological polar surface area (TPSA) is 40.5 Å². The van der Waals surface area contributed by atoms with Gasteiger partial charge in [-0.15, -0.1) is 0 Å². The molecular formula is C14H26O2. The summed E-state index contributed by atoms with van der Waals surface area (Å²) in [5.41, 5.74) is 0. The monoisotopic (exact) mass is 226 g/mol. The molecule has 0 unspecified atom stereocenters. The van der Waals surface area contributed by atoms with Gasteiger partial charge in [0.25, 0.3) is 0 Å². The van der Waals surface area contributed by atoms with Gasteiger partial charge < -0.3 is 10.2 Å². The number of hydrogen-bond acceptors (Lipinski definition) is 2. The Morgan fingerprint density at radius 1 is 0.562 bits per heavy atom. The number of aliphatic hydroxyl groups excluding tert-OH is 2. The van der Waals surface area contributed by atoms with Gasteiger partial charge in [-0.2, -0.15) is 0 Å². The Morgan fingerprint density at radius 2 is 0.875 bits per heavy atom. The molecule has 2 aliphatic carbocycles. The van der Waals surface area contributed by atoms with E-state index in [-0.39, 0.29) is 0 Å². The average Bonchev–Trinajstić information content (AvgIpc) is 2.39. The summed E-state index contributed by atoms with van der Waals surface area (Å²) in [5.74, 6) is 0.733. The molecule has 0 amide bonds. The van der Waals surface area contributed by atoms with Crippen LogP contribution in [0.15, 0.2) is 0 Å². The normalized spacial score (nSPS) is 28.9. The van der Waals surface area contributed by atoms with Crippen LogP contribution in [0.3, 0.4) is 0 Å². The van der Waals surface area contributed by atoms with Gasteiger partial charge in [0.2, 0.25) is 0 Å². The lowest BCUT2D eigenvalue weighted by atomic mass is 9.77. The van der Waals surface area contributed by atoms with Gasteiger partial charge in [0, 0.05) is 0 Å². The molecule has 2 atom stereocenters. The zero-order valence-corrected chi connectivity index (χ0v) is 10.3. The molecule has 0 aromatic heterocycles. The summed E-state index contributed by atoms with van der Waals surface area (Å²) in [4.78, 5) is 0. The van der Waals surface area contributed by atoms with E-state index in [1.54, 1.807) is 0 Å². The average molecular weight is 226 g/mol. The van der Waals surface area contributed by atoms with Crippen LogP contribution in [0.4, 0.5) is 0 Å². The van der Waals surface area contributed by atoms with E-state index in [1.165, 1.54) is 38.5 Å². The molecule has 2 fully saturated rings. The molecule has 0 aromatic carbocycles. The van der Waals surface area contributed by atoms with Crippen LogP contribution in [-0.2, 0) is 0 Å². The quantitative estimate of drug-likeness (QED) is 0.777. The summed E-state index contributed by atoms with van der Waals surface area (Å²) in [5, 5.41) is 20.5. The molecule has 2 saturated carbocycles. The van der Waals surface area contributed by atoms with E-state index in [9.17, 15) is 10.2 Å². The minimum absolute atomic E-state index is 0.366. The van der Waals surface area contributed by atoms with E-state index in [1.807, 2.05) is 0 Å². The van der Waals surface area contributed by atoms with E-state index >= 15 is 0 Å². The first kappa shape index (κ1) is 12.4. The van der Waals surface area contributed by atoms with Gasteiger partial charge in [0.1, 0.15) is 0 Å². The van der Waals surface area contributed by atoms with Crippen LogP contribution < -0.4 is 0 Å². The second kappa shape index (κ2) is 6.02. The maximum atomic E-state index is 10.2. The molecule has 0 saturated heterocycles. The van der Waals surface area contributed by atoms with Crippen molar-refractivity contribution in [1.82, 2.24) is 0 Å². The summed E-state index contributed by atoms with van der Waals surface area (Å²) in [6.45, 7) is 0. The van der Waals surface area contributed by atoms with Gasteiger partial charge in [-0.25, -0.2) is 0 Å². The van der Waals surface area contributed by atoms with Gasteiger partial charge >= 0.3 is 0 Å². The maximum absolute atomic E-state index is 10.2. The highest BCUT2D eigenvalue weighted by molar-refractivity contribution is 4.84. The number of hydrogen-bond donors (Lipinski definition) is 2. The molecule has 2 aliphatic rings.